The zero-order chi connectivity index (χ0) is 23.6. The van der Waals surface area contributed by atoms with Gasteiger partial charge in [0.2, 0.25) is 5.91 Å². The summed E-state index contributed by atoms with van der Waals surface area (Å²) in [5.74, 6) is -1.65. The number of benzene rings is 2. The smallest absolute Gasteiger partial charge is 0.408 e. The number of hydrogen-bond donors (Lipinski definition) is 3. The number of fused-ring (bicyclic) bond motifs is 3. The molecule has 2 aromatic rings. The molecule has 3 atom stereocenters. The van der Waals surface area contributed by atoms with Gasteiger partial charge in [-0.25, -0.2) is 4.79 Å². The Kier molecular flexibility index (Phi) is 6.40. The Balaban J connectivity index is 1.38. The largest absolute Gasteiger partial charge is 0.481 e. The molecule has 33 heavy (non-hydrogen) atoms. The number of carboxylic acid groups (broad SMARTS) is 1. The molecule has 0 aliphatic heterocycles. The topological polar surface area (TPSA) is 105 Å². The van der Waals surface area contributed by atoms with E-state index in [1.54, 1.807) is 6.92 Å². The molecule has 1 saturated carbocycles. The molecule has 0 radical (unpaired) electrons. The number of rotatable bonds is 7. The van der Waals surface area contributed by atoms with E-state index < -0.39 is 23.5 Å². The average Bonchev–Trinajstić information content (AvgIpc) is 3.40. The van der Waals surface area contributed by atoms with Crippen LogP contribution in [0.2, 0.25) is 0 Å². The van der Waals surface area contributed by atoms with Crippen molar-refractivity contribution in [1.82, 2.24) is 10.6 Å². The van der Waals surface area contributed by atoms with Crippen LogP contribution >= 0.6 is 0 Å². The molecular weight excluding hydrogens is 420 g/mol. The van der Waals surface area contributed by atoms with Gasteiger partial charge < -0.3 is 20.5 Å². The summed E-state index contributed by atoms with van der Waals surface area (Å²) in [5.41, 5.74) is 3.39. The first-order valence-electron chi connectivity index (χ1n) is 11.5. The third-order valence-electron chi connectivity index (χ3n) is 7.05. The van der Waals surface area contributed by atoms with Crippen molar-refractivity contribution in [2.24, 2.45) is 5.92 Å². The standard InChI is InChI=1S/C26H30N2O5/c1-3-26(2,24(31)27-17-13-12-16(14-17)23(29)30)28-25(32)33-15-22-20-10-6-4-8-18(20)19-9-5-7-11-21(19)22/h4-11,16-17,22H,3,12-15H2,1-2H3,(H,27,31)(H,28,32)(H,29,30)/t16-,17+,26?/m0/s1. The lowest BCUT2D eigenvalue weighted by atomic mass is 9.97. The summed E-state index contributed by atoms with van der Waals surface area (Å²) in [6.07, 6.45) is 1.30. The summed E-state index contributed by atoms with van der Waals surface area (Å²) >= 11 is 0. The van der Waals surface area contributed by atoms with Gasteiger partial charge in [0.15, 0.2) is 0 Å². The van der Waals surface area contributed by atoms with E-state index in [2.05, 4.69) is 34.9 Å². The molecule has 7 nitrogen and oxygen atoms in total. The maximum atomic E-state index is 12.9. The minimum Gasteiger partial charge on any atom is -0.481 e. The number of carbonyl (C=O) groups excluding carboxylic acids is 2. The number of alkyl carbamates (subject to hydrolysis) is 1. The summed E-state index contributed by atoms with van der Waals surface area (Å²) in [6, 6.07) is 16.0. The fourth-order valence-corrected chi connectivity index (χ4v) is 4.85. The van der Waals surface area contributed by atoms with Crippen molar-refractivity contribution in [2.45, 2.75) is 57.0 Å². The van der Waals surface area contributed by atoms with Gasteiger partial charge in [0.05, 0.1) is 5.92 Å². The van der Waals surface area contributed by atoms with Gasteiger partial charge in [-0.1, -0.05) is 55.5 Å². The van der Waals surface area contributed by atoms with E-state index in [9.17, 15) is 19.5 Å². The third-order valence-corrected chi connectivity index (χ3v) is 7.05. The third kappa shape index (κ3) is 4.58. The highest BCUT2D eigenvalue weighted by Crippen LogP contribution is 2.44. The summed E-state index contributed by atoms with van der Waals surface area (Å²) in [6.45, 7) is 3.65. The second kappa shape index (κ2) is 9.25. The molecular formula is C26H30N2O5. The van der Waals surface area contributed by atoms with Crippen LogP contribution in [0.25, 0.3) is 11.1 Å². The van der Waals surface area contributed by atoms with E-state index in [1.165, 1.54) is 0 Å². The molecule has 2 amide bonds. The molecule has 3 N–H and O–H groups in total. The second-order valence-corrected chi connectivity index (χ2v) is 9.15. The Morgan fingerprint density at radius 3 is 2.18 bits per heavy atom. The Morgan fingerprint density at radius 2 is 1.64 bits per heavy atom. The first-order valence-corrected chi connectivity index (χ1v) is 11.5. The van der Waals surface area contributed by atoms with Crippen molar-refractivity contribution in [1.29, 1.82) is 0 Å². The molecule has 0 bridgehead atoms. The van der Waals surface area contributed by atoms with Crippen LogP contribution in [0.1, 0.15) is 56.6 Å². The van der Waals surface area contributed by atoms with Gasteiger partial charge in [-0.3, -0.25) is 9.59 Å². The molecule has 174 valence electrons. The van der Waals surface area contributed by atoms with Crippen molar-refractivity contribution in [3.8, 4) is 11.1 Å². The Bertz CT molecular complexity index is 1020. The van der Waals surface area contributed by atoms with Gasteiger partial charge in [-0.2, -0.15) is 0 Å². The summed E-state index contributed by atoms with van der Waals surface area (Å²) in [4.78, 5) is 36.8. The van der Waals surface area contributed by atoms with Gasteiger partial charge in [0.25, 0.3) is 0 Å². The lowest BCUT2D eigenvalue weighted by Gasteiger charge is -2.29. The lowest BCUT2D eigenvalue weighted by molar-refractivity contribution is -0.141. The molecule has 0 aromatic heterocycles. The monoisotopic (exact) mass is 450 g/mol. The van der Waals surface area contributed by atoms with E-state index in [0.29, 0.717) is 25.7 Å². The zero-order valence-corrected chi connectivity index (χ0v) is 19.0. The summed E-state index contributed by atoms with van der Waals surface area (Å²) in [5, 5.41) is 14.8. The normalized spacial score (nSPS) is 20.9. The summed E-state index contributed by atoms with van der Waals surface area (Å²) < 4.78 is 5.60. The van der Waals surface area contributed by atoms with E-state index in [4.69, 9.17) is 4.74 Å². The number of nitrogens with one attached hydrogen (secondary N) is 2. The van der Waals surface area contributed by atoms with Crippen molar-refractivity contribution in [3.05, 3.63) is 59.7 Å². The zero-order valence-electron chi connectivity index (χ0n) is 19.0. The van der Waals surface area contributed by atoms with Crippen LogP contribution in [-0.4, -0.2) is 41.3 Å². The van der Waals surface area contributed by atoms with Crippen LogP contribution < -0.4 is 10.6 Å². The average molecular weight is 451 g/mol. The predicted octanol–water partition coefficient (Wildman–Crippen LogP) is 4.06. The van der Waals surface area contributed by atoms with Crippen molar-refractivity contribution in [3.63, 3.8) is 0 Å². The Morgan fingerprint density at radius 1 is 1.03 bits per heavy atom. The van der Waals surface area contributed by atoms with Gasteiger partial charge in [0.1, 0.15) is 12.1 Å². The highest BCUT2D eigenvalue weighted by Gasteiger charge is 2.38. The molecule has 2 aliphatic rings. The highest BCUT2D eigenvalue weighted by molar-refractivity contribution is 5.90. The Labute approximate surface area is 193 Å². The van der Waals surface area contributed by atoms with E-state index in [0.717, 1.165) is 22.3 Å². The maximum absolute atomic E-state index is 12.9. The highest BCUT2D eigenvalue weighted by atomic mass is 16.5. The maximum Gasteiger partial charge on any atom is 0.408 e. The molecule has 0 saturated heterocycles. The van der Waals surface area contributed by atoms with Crippen LogP contribution in [0.15, 0.2) is 48.5 Å². The first-order chi connectivity index (χ1) is 15.8. The SMILES string of the molecule is CCC(C)(NC(=O)OCC1c2ccccc2-c2ccccc21)C(=O)N[C@@H]1CC[C@H](C(=O)O)C1. The number of hydrogen-bond acceptors (Lipinski definition) is 4. The molecule has 1 unspecified atom stereocenters. The van der Waals surface area contributed by atoms with Crippen LogP contribution in [0.5, 0.6) is 0 Å². The second-order valence-electron chi connectivity index (χ2n) is 9.15. The number of aliphatic carboxylic acids is 1. The van der Waals surface area contributed by atoms with E-state index >= 15 is 0 Å². The Hall–Kier alpha value is -3.35. The molecule has 2 aromatic carbocycles. The molecule has 0 spiro atoms. The van der Waals surface area contributed by atoms with Crippen LogP contribution in [0.3, 0.4) is 0 Å². The molecule has 2 aliphatic carbocycles. The lowest BCUT2D eigenvalue weighted by Crippen LogP contribution is -2.58. The minimum absolute atomic E-state index is 0.0590. The van der Waals surface area contributed by atoms with Gasteiger partial charge >= 0.3 is 12.1 Å². The first kappa shape index (κ1) is 22.8. The number of carbonyl (C=O) groups is 3. The fourth-order valence-electron chi connectivity index (χ4n) is 4.85. The predicted molar refractivity (Wildman–Crippen MR) is 124 cm³/mol. The molecule has 0 heterocycles. The minimum atomic E-state index is -1.15. The van der Waals surface area contributed by atoms with Gasteiger partial charge in [0, 0.05) is 12.0 Å². The molecule has 7 heteroatoms. The summed E-state index contributed by atoms with van der Waals surface area (Å²) in [7, 11) is 0. The van der Waals surface area contributed by atoms with Crippen molar-refractivity contribution in [2.75, 3.05) is 6.61 Å². The quantitative estimate of drug-likeness (QED) is 0.590. The van der Waals surface area contributed by atoms with Gasteiger partial charge in [-0.15, -0.1) is 0 Å². The van der Waals surface area contributed by atoms with E-state index in [1.807, 2.05) is 31.2 Å². The van der Waals surface area contributed by atoms with Gasteiger partial charge in [-0.05, 0) is 54.9 Å². The van der Waals surface area contributed by atoms with E-state index in [-0.39, 0.29) is 24.5 Å². The number of ether oxygens (including phenoxy) is 1. The van der Waals surface area contributed by atoms with Crippen molar-refractivity contribution >= 4 is 18.0 Å². The number of carboxylic acids is 1. The fraction of sp³-hybridized carbons (Fsp3) is 0.423. The van der Waals surface area contributed by atoms with Crippen LogP contribution in [-0.2, 0) is 14.3 Å². The van der Waals surface area contributed by atoms with Crippen LogP contribution in [0, 0.1) is 5.92 Å². The van der Waals surface area contributed by atoms with Crippen molar-refractivity contribution < 1.29 is 24.2 Å². The number of amides is 2. The molecule has 1 fully saturated rings. The molecule has 4 rings (SSSR count). The van der Waals surface area contributed by atoms with Crippen LogP contribution in [0.4, 0.5) is 4.79 Å².